The predicted molar refractivity (Wildman–Crippen MR) is 37.3 cm³/mol. The van der Waals surface area contributed by atoms with Crippen LogP contribution in [0.2, 0.25) is 0 Å². The van der Waals surface area contributed by atoms with Gasteiger partial charge in [0.25, 0.3) is 0 Å². The van der Waals surface area contributed by atoms with E-state index >= 15 is 0 Å². The summed E-state index contributed by atoms with van der Waals surface area (Å²) in [5.41, 5.74) is 0.640. The fourth-order valence-electron chi connectivity index (χ4n) is 0.933. The summed E-state index contributed by atoms with van der Waals surface area (Å²) in [5.74, 6) is 0. The van der Waals surface area contributed by atoms with Gasteiger partial charge >= 0.3 is 0 Å². The van der Waals surface area contributed by atoms with Crippen LogP contribution in [0.5, 0.6) is 0 Å². The summed E-state index contributed by atoms with van der Waals surface area (Å²) in [6.45, 7) is 0. The van der Waals surface area contributed by atoms with Crippen molar-refractivity contribution in [3.05, 3.63) is 11.8 Å². The maximum atomic E-state index is 8.93. The zero-order valence-electron chi connectivity index (χ0n) is 6.26. The molecule has 2 aromatic heterocycles. The van der Waals surface area contributed by atoms with Crippen molar-refractivity contribution in [3.63, 3.8) is 0 Å². The second-order valence-corrected chi connectivity index (χ2v) is 2.36. The lowest BCUT2D eigenvalue weighted by molar-refractivity contribution is 0.123. The van der Waals surface area contributed by atoms with Crippen molar-refractivity contribution < 1.29 is 5.21 Å². The molecule has 62 valence electrons. The third kappa shape index (κ3) is 0.698. The van der Waals surface area contributed by atoms with Crippen LogP contribution in [-0.2, 0) is 7.05 Å². The molecule has 0 atom stereocenters. The van der Waals surface area contributed by atoms with Crippen molar-refractivity contribution in [3.8, 4) is 0 Å². The zero-order chi connectivity index (χ0) is 8.72. The number of hydrogen-bond donors (Lipinski definition) is 2. The first-order chi connectivity index (χ1) is 5.70. The van der Waals surface area contributed by atoms with Crippen LogP contribution < -0.4 is 5.49 Å². The van der Waals surface area contributed by atoms with Gasteiger partial charge in [0.15, 0.2) is 11.2 Å². The molecule has 0 aliphatic carbocycles. The minimum atomic E-state index is -0.166. The summed E-state index contributed by atoms with van der Waals surface area (Å²) in [7, 11) is 1.74. The molecule has 0 saturated heterocycles. The summed E-state index contributed by atoms with van der Waals surface area (Å²) < 4.78 is 1.63. The number of aromatic nitrogens is 5. The second-order valence-electron chi connectivity index (χ2n) is 2.36. The molecule has 2 rings (SSSR count). The summed E-state index contributed by atoms with van der Waals surface area (Å²) in [6, 6.07) is 0. The highest BCUT2D eigenvalue weighted by Crippen LogP contribution is 1.98. The van der Waals surface area contributed by atoms with Gasteiger partial charge in [-0.3, -0.25) is 5.41 Å². The first-order valence-electron chi connectivity index (χ1n) is 3.21. The SMILES string of the molecule is Cn1cnc2c(=N)n(O)nnc21. The lowest BCUT2D eigenvalue weighted by Crippen LogP contribution is -2.22. The van der Waals surface area contributed by atoms with Gasteiger partial charge in [0.1, 0.15) is 0 Å². The Bertz CT molecular complexity index is 482. The monoisotopic (exact) mass is 166 g/mol. The van der Waals surface area contributed by atoms with Gasteiger partial charge in [-0.2, -0.15) is 0 Å². The predicted octanol–water partition coefficient (Wildman–Crippen LogP) is -1.12. The third-order valence-corrected chi connectivity index (χ3v) is 1.55. The van der Waals surface area contributed by atoms with Crippen molar-refractivity contribution in [2.75, 3.05) is 0 Å². The van der Waals surface area contributed by atoms with E-state index in [2.05, 4.69) is 15.3 Å². The van der Waals surface area contributed by atoms with Crippen LogP contribution in [0, 0.1) is 5.41 Å². The molecule has 0 aliphatic rings. The Balaban J connectivity index is 3.03. The van der Waals surface area contributed by atoms with E-state index in [1.165, 1.54) is 6.33 Å². The Morgan fingerprint density at radius 3 is 3.08 bits per heavy atom. The molecular formula is C5H6N6O. The average Bonchev–Trinajstić information content (AvgIpc) is 2.41. The highest BCUT2D eigenvalue weighted by molar-refractivity contribution is 5.67. The number of aryl methyl sites for hydroxylation is 1. The Morgan fingerprint density at radius 2 is 2.33 bits per heavy atom. The Kier molecular flexibility index (Phi) is 1.15. The lowest BCUT2D eigenvalue weighted by Gasteiger charge is -1.94. The molecule has 0 spiro atoms. The van der Waals surface area contributed by atoms with Gasteiger partial charge in [0.05, 0.1) is 6.33 Å². The molecule has 7 nitrogen and oxygen atoms in total. The van der Waals surface area contributed by atoms with Gasteiger partial charge < -0.3 is 9.77 Å². The van der Waals surface area contributed by atoms with Crippen molar-refractivity contribution in [1.82, 2.24) is 24.7 Å². The zero-order valence-corrected chi connectivity index (χ0v) is 6.26. The van der Waals surface area contributed by atoms with Gasteiger partial charge in [0.2, 0.25) is 5.49 Å². The molecule has 7 heteroatoms. The minimum Gasteiger partial charge on any atom is -0.409 e. The molecule has 2 aromatic rings. The maximum absolute atomic E-state index is 8.93. The first kappa shape index (κ1) is 6.77. The highest BCUT2D eigenvalue weighted by atomic mass is 16.5. The molecular weight excluding hydrogens is 160 g/mol. The standard InChI is InChI=1S/C5H6N6O/c1-10-2-7-3-4(6)11(12)9-8-5(3)10/h2,6,12H,1H3. The Hall–Kier alpha value is -1.92. The van der Waals surface area contributed by atoms with E-state index in [9.17, 15) is 0 Å². The number of nitrogens with zero attached hydrogens (tertiary/aromatic N) is 5. The molecule has 12 heavy (non-hydrogen) atoms. The van der Waals surface area contributed by atoms with Crippen LogP contribution in [0.15, 0.2) is 6.33 Å². The van der Waals surface area contributed by atoms with Crippen molar-refractivity contribution in [2.45, 2.75) is 0 Å². The first-order valence-corrected chi connectivity index (χ1v) is 3.21. The Labute approximate surface area is 66.4 Å². The number of hydrogen-bond acceptors (Lipinski definition) is 5. The van der Waals surface area contributed by atoms with E-state index in [-0.39, 0.29) is 5.49 Å². The second kappa shape index (κ2) is 2.03. The van der Waals surface area contributed by atoms with Gasteiger partial charge in [-0.1, -0.05) is 4.85 Å². The number of fused-ring (bicyclic) bond motifs is 1. The van der Waals surface area contributed by atoms with Crippen LogP contribution in [0.4, 0.5) is 0 Å². The molecule has 0 unspecified atom stereocenters. The van der Waals surface area contributed by atoms with Crippen LogP contribution in [0.3, 0.4) is 0 Å². The maximum Gasteiger partial charge on any atom is 0.214 e. The number of rotatable bonds is 0. The summed E-state index contributed by atoms with van der Waals surface area (Å²) in [6.07, 6.45) is 1.51. The number of nitrogens with one attached hydrogen (secondary N) is 1. The van der Waals surface area contributed by atoms with Gasteiger partial charge in [-0.15, -0.1) is 5.10 Å². The van der Waals surface area contributed by atoms with Crippen LogP contribution in [0.25, 0.3) is 11.2 Å². The van der Waals surface area contributed by atoms with Crippen molar-refractivity contribution in [2.24, 2.45) is 7.05 Å². The average molecular weight is 166 g/mol. The molecule has 0 radical (unpaired) electrons. The van der Waals surface area contributed by atoms with Gasteiger partial charge in [-0.05, 0) is 5.21 Å². The fourth-order valence-corrected chi connectivity index (χ4v) is 0.933. The molecule has 0 aliphatic heterocycles. The van der Waals surface area contributed by atoms with E-state index < -0.39 is 0 Å². The molecule has 2 N–H and O–H groups in total. The molecule has 0 saturated carbocycles. The summed E-state index contributed by atoms with van der Waals surface area (Å²) >= 11 is 0. The highest BCUT2D eigenvalue weighted by Gasteiger charge is 2.05. The normalized spacial score (nSPS) is 10.8. The lowest BCUT2D eigenvalue weighted by atomic mass is 10.5. The molecule has 2 heterocycles. The van der Waals surface area contributed by atoms with E-state index in [1.54, 1.807) is 11.6 Å². The number of imidazole rings is 1. The largest absolute Gasteiger partial charge is 0.409 e. The molecule has 0 amide bonds. The smallest absolute Gasteiger partial charge is 0.214 e. The third-order valence-electron chi connectivity index (χ3n) is 1.55. The quantitative estimate of drug-likeness (QED) is 0.485. The van der Waals surface area contributed by atoms with Crippen LogP contribution in [0.1, 0.15) is 0 Å². The van der Waals surface area contributed by atoms with E-state index in [1.807, 2.05) is 0 Å². The van der Waals surface area contributed by atoms with Crippen molar-refractivity contribution in [1.29, 1.82) is 5.41 Å². The van der Waals surface area contributed by atoms with E-state index in [4.69, 9.17) is 10.6 Å². The Morgan fingerprint density at radius 1 is 1.58 bits per heavy atom. The van der Waals surface area contributed by atoms with E-state index in [0.717, 1.165) is 0 Å². The van der Waals surface area contributed by atoms with E-state index in [0.29, 0.717) is 16.0 Å². The molecule has 0 bridgehead atoms. The summed E-state index contributed by atoms with van der Waals surface area (Å²) in [5, 5.41) is 23.2. The molecule has 0 fully saturated rings. The van der Waals surface area contributed by atoms with Crippen LogP contribution in [-0.4, -0.2) is 29.9 Å². The van der Waals surface area contributed by atoms with Gasteiger partial charge in [0, 0.05) is 7.05 Å². The molecule has 0 aromatic carbocycles. The fraction of sp³-hybridized carbons (Fsp3) is 0.200. The summed E-state index contributed by atoms with van der Waals surface area (Å²) in [4.78, 5) is 4.26. The van der Waals surface area contributed by atoms with Gasteiger partial charge in [-0.25, -0.2) is 4.98 Å². The van der Waals surface area contributed by atoms with Crippen LogP contribution >= 0.6 is 0 Å². The van der Waals surface area contributed by atoms with Crippen molar-refractivity contribution >= 4 is 11.2 Å². The minimum absolute atomic E-state index is 0.166. The topological polar surface area (TPSA) is 92.6 Å².